The number of hydrogen-bond acceptors (Lipinski definition) is 4. The zero-order valence-corrected chi connectivity index (χ0v) is 17.9. The molecule has 0 amide bonds. The van der Waals surface area contributed by atoms with Crippen LogP contribution in [0.1, 0.15) is 36.8 Å². The molecule has 1 aliphatic carbocycles. The summed E-state index contributed by atoms with van der Waals surface area (Å²) in [5.41, 5.74) is 0.487. The van der Waals surface area contributed by atoms with Crippen LogP contribution in [0.2, 0.25) is 5.02 Å². The molecule has 2 aliphatic rings. The molecule has 7 heteroatoms. The van der Waals surface area contributed by atoms with Gasteiger partial charge >= 0.3 is 0 Å². The lowest BCUT2D eigenvalue weighted by Gasteiger charge is -2.44. The van der Waals surface area contributed by atoms with Crippen molar-refractivity contribution in [3.05, 3.63) is 64.2 Å². The van der Waals surface area contributed by atoms with E-state index < -0.39 is 17.0 Å². The average Bonchev–Trinajstić information content (AvgIpc) is 2.80. The van der Waals surface area contributed by atoms with E-state index in [2.05, 4.69) is 0 Å². The minimum absolute atomic E-state index is 0.0347. The molecule has 2 unspecified atom stereocenters. The highest BCUT2D eigenvalue weighted by molar-refractivity contribution is 6.30. The molecule has 0 aromatic heterocycles. The number of carbonyl (C=O) groups excluding carboxylic acids is 2. The fourth-order valence-corrected chi connectivity index (χ4v) is 4.00. The quantitative estimate of drug-likeness (QED) is 0.630. The minimum Gasteiger partial charge on any atom is -0.490 e. The molecular formula is C23H27ClF2O4. The van der Waals surface area contributed by atoms with Crippen LogP contribution >= 0.6 is 11.6 Å². The van der Waals surface area contributed by atoms with Gasteiger partial charge in [0.05, 0.1) is 12.0 Å². The van der Waals surface area contributed by atoms with Crippen molar-refractivity contribution in [2.45, 2.75) is 38.0 Å². The van der Waals surface area contributed by atoms with Crippen molar-refractivity contribution in [2.75, 3.05) is 13.7 Å². The summed E-state index contributed by atoms with van der Waals surface area (Å²) in [6.07, 6.45) is 4.09. The number of ether oxygens (including phenoxy) is 1. The van der Waals surface area contributed by atoms with Gasteiger partial charge in [0.25, 0.3) is 0 Å². The second-order valence-corrected chi connectivity index (χ2v) is 7.38. The molecule has 2 atom stereocenters. The van der Waals surface area contributed by atoms with E-state index in [-0.39, 0.29) is 17.2 Å². The molecule has 0 spiro atoms. The molecule has 2 aromatic carbocycles. The van der Waals surface area contributed by atoms with Gasteiger partial charge in [-0.3, -0.25) is 0 Å². The van der Waals surface area contributed by atoms with Crippen LogP contribution in [0.4, 0.5) is 8.78 Å². The molecule has 0 saturated heterocycles. The second kappa shape index (κ2) is 12.4. The number of halogens is 3. The first-order valence-corrected chi connectivity index (χ1v) is 9.89. The van der Waals surface area contributed by atoms with Gasteiger partial charge in [0.1, 0.15) is 18.9 Å². The molecular weight excluding hydrogens is 414 g/mol. The minimum atomic E-state index is -0.891. The van der Waals surface area contributed by atoms with Crippen LogP contribution < -0.4 is 4.74 Å². The number of rotatable bonds is 1. The predicted molar refractivity (Wildman–Crippen MR) is 113 cm³/mol. The van der Waals surface area contributed by atoms with Crippen LogP contribution in [0.5, 0.6) is 5.75 Å². The van der Waals surface area contributed by atoms with Gasteiger partial charge in [-0.15, -0.1) is 0 Å². The fourth-order valence-electron chi connectivity index (χ4n) is 3.87. The molecule has 1 saturated carbocycles. The van der Waals surface area contributed by atoms with Crippen LogP contribution in [-0.4, -0.2) is 31.9 Å². The number of fused-ring (bicyclic) bond motifs is 3. The van der Waals surface area contributed by atoms with Gasteiger partial charge in [-0.2, -0.15) is 0 Å². The van der Waals surface area contributed by atoms with Crippen molar-refractivity contribution in [1.82, 2.24) is 0 Å². The number of aliphatic hydroxyl groups excluding tert-OH is 1. The third kappa shape index (κ3) is 5.64. The third-order valence-electron chi connectivity index (χ3n) is 5.30. The summed E-state index contributed by atoms with van der Waals surface area (Å²) < 4.78 is 33.1. The first-order chi connectivity index (χ1) is 14.5. The summed E-state index contributed by atoms with van der Waals surface area (Å²) >= 11 is 5.61. The Hall–Kier alpha value is -2.31. The zero-order valence-electron chi connectivity index (χ0n) is 17.2. The topological polar surface area (TPSA) is 63.6 Å². The Kier molecular flexibility index (Phi) is 10.6. The van der Waals surface area contributed by atoms with Gasteiger partial charge in [-0.1, -0.05) is 42.1 Å². The Morgan fingerprint density at radius 1 is 1.10 bits per heavy atom. The first kappa shape index (κ1) is 25.7. The number of aryl methyl sites for hydroxylation is 1. The molecule has 2 aromatic rings. The van der Waals surface area contributed by atoms with Gasteiger partial charge < -0.3 is 19.4 Å². The number of aldehydes is 1. The summed E-state index contributed by atoms with van der Waals surface area (Å²) in [5, 5.41) is 7.80. The Morgan fingerprint density at radius 3 is 2.27 bits per heavy atom. The molecule has 4 rings (SSSR count). The SMILES string of the molecule is C=O.CO.Cc1ccc(Cl)cc1.O=CC12CCCCC1COc1c(F)ccc(F)c12. The maximum Gasteiger partial charge on any atom is 0.165 e. The van der Waals surface area contributed by atoms with Crippen molar-refractivity contribution in [1.29, 1.82) is 0 Å². The van der Waals surface area contributed by atoms with Crippen molar-refractivity contribution < 1.29 is 28.2 Å². The lowest BCUT2D eigenvalue weighted by molar-refractivity contribution is -0.117. The zero-order chi connectivity index (χ0) is 22.7. The van der Waals surface area contributed by atoms with Gasteiger partial charge in [0, 0.05) is 23.6 Å². The van der Waals surface area contributed by atoms with Gasteiger partial charge in [0.15, 0.2) is 11.6 Å². The normalized spacial score (nSPS) is 20.8. The first-order valence-electron chi connectivity index (χ1n) is 9.51. The van der Waals surface area contributed by atoms with E-state index >= 15 is 0 Å². The van der Waals surface area contributed by atoms with E-state index in [9.17, 15) is 13.6 Å². The lowest BCUT2D eigenvalue weighted by atomic mass is 9.62. The molecule has 1 aliphatic heterocycles. The molecule has 0 bridgehead atoms. The molecule has 1 N–H and O–H groups in total. The monoisotopic (exact) mass is 440 g/mol. The van der Waals surface area contributed by atoms with E-state index in [1.54, 1.807) is 0 Å². The Balaban J connectivity index is 0.000000315. The number of aliphatic hydroxyl groups is 1. The van der Waals surface area contributed by atoms with Crippen LogP contribution in [0.25, 0.3) is 0 Å². The summed E-state index contributed by atoms with van der Waals surface area (Å²) in [6.45, 7) is 4.34. The molecule has 164 valence electrons. The van der Waals surface area contributed by atoms with E-state index in [0.29, 0.717) is 13.0 Å². The Labute approximate surface area is 180 Å². The van der Waals surface area contributed by atoms with Crippen LogP contribution in [0.15, 0.2) is 36.4 Å². The van der Waals surface area contributed by atoms with E-state index in [4.69, 9.17) is 26.2 Å². The summed E-state index contributed by atoms with van der Waals surface area (Å²) in [5.74, 6) is -1.23. The lowest BCUT2D eigenvalue weighted by Crippen LogP contribution is -2.46. The number of carbonyl (C=O) groups is 2. The Morgan fingerprint density at radius 2 is 1.70 bits per heavy atom. The molecule has 1 fully saturated rings. The fraction of sp³-hybridized carbons (Fsp3) is 0.391. The highest BCUT2D eigenvalue weighted by atomic mass is 35.5. The third-order valence-corrected chi connectivity index (χ3v) is 5.55. The number of benzene rings is 2. The molecule has 4 nitrogen and oxygen atoms in total. The Bertz CT molecular complexity index is 793. The van der Waals surface area contributed by atoms with Crippen LogP contribution in [-0.2, 0) is 15.0 Å². The van der Waals surface area contributed by atoms with Crippen LogP contribution in [0, 0.1) is 24.5 Å². The predicted octanol–water partition coefficient (Wildman–Crippen LogP) is 5.06. The largest absolute Gasteiger partial charge is 0.490 e. The summed E-state index contributed by atoms with van der Waals surface area (Å²) in [6, 6.07) is 9.88. The molecule has 30 heavy (non-hydrogen) atoms. The van der Waals surface area contributed by atoms with Gasteiger partial charge in [0.2, 0.25) is 0 Å². The summed E-state index contributed by atoms with van der Waals surface area (Å²) in [4.78, 5) is 19.6. The van der Waals surface area contributed by atoms with E-state index in [1.165, 1.54) is 5.56 Å². The molecule has 1 heterocycles. The van der Waals surface area contributed by atoms with Gasteiger partial charge in [-0.05, 0) is 44.0 Å². The highest BCUT2D eigenvalue weighted by Crippen LogP contribution is 2.50. The smallest absolute Gasteiger partial charge is 0.165 e. The van der Waals surface area contributed by atoms with Crippen molar-refractivity contribution in [2.24, 2.45) is 5.92 Å². The van der Waals surface area contributed by atoms with Crippen molar-refractivity contribution in [3.63, 3.8) is 0 Å². The van der Waals surface area contributed by atoms with Crippen LogP contribution in [0.3, 0.4) is 0 Å². The summed E-state index contributed by atoms with van der Waals surface area (Å²) in [7, 11) is 1.00. The highest BCUT2D eigenvalue weighted by Gasteiger charge is 2.49. The van der Waals surface area contributed by atoms with Crippen molar-refractivity contribution >= 4 is 24.7 Å². The second-order valence-electron chi connectivity index (χ2n) is 6.94. The number of hydrogen-bond donors (Lipinski definition) is 1. The van der Waals surface area contributed by atoms with E-state index in [1.807, 2.05) is 38.0 Å². The average molecular weight is 441 g/mol. The van der Waals surface area contributed by atoms with Gasteiger partial charge in [-0.25, -0.2) is 8.78 Å². The molecule has 0 radical (unpaired) electrons. The van der Waals surface area contributed by atoms with E-state index in [0.717, 1.165) is 49.8 Å². The standard InChI is InChI=1S/C14H14F2O2.C7H7Cl.CH4O.CH2O/c15-10-4-5-11(16)13-12(10)14(8-17)6-2-1-3-9(14)7-18-13;1-6-2-4-7(8)5-3-6;2*1-2/h4-5,8-9H,1-3,6-7H2;2-5H,1H3;2H,1H3;1H2. The van der Waals surface area contributed by atoms with Crippen molar-refractivity contribution in [3.8, 4) is 5.75 Å². The maximum atomic E-state index is 14.0. The maximum absolute atomic E-state index is 14.0.